The largest absolute Gasteiger partial charge is 0.507 e. The van der Waals surface area contributed by atoms with Crippen LogP contribution in [-0.2, 0) is 98.7 Å². The Morgan fingerprint density at radius 1 is 0.788 bits per heavy atom. The number of carbonyl (C=O) groups is 12. The molecule has 0 radical (unpaired) electrons. The number of fused-ring (bicyclic) bond motifs is 6. The molecule has 9 rings (SSSR count). The maximum Gasteiger partial charge on any atom is 0.409 e. The summed E-state index contributed by atoms with van der Waals surface area (Å²) in [5, 5.41) is 47.2. The zero-order valence-electron chi connectivity index (χ0n) is 64.7. The average Bonchev–Trinajstić information content (AvgIpc) is 1.27. The number of nitrogens with one attached hydrogen (secondary N) is 4. The quantitative estimate of drug-likeness (QED) is 0.0179. The second-order valence-corrected chi connectivity index (χ2v) is 29.5. The van der Waals surface area contributed by atoms with E-state index in [1.165, 1.54) is 63.2 Å². The van der Waals surface area contributed by atoms with Crippen LogP contribution >= 0.6 is 11.8 Å². The number of morpholine rings is 1. The molecule has 4 fully saturated rings. The minimum absolute atomic E-state index is 0.0116. The molecular formula is C76H103N9O27S. The van der Waals surface area contributed by atoms with Crippen molar-refractivity contribution in [2.75, 3.05) is 145 Å². The fourth-order valence-corrected chi connectivity index (χ4v) is 14.9. The van der Waals surface area contributed by atoms with E-state index in [0.29, 0.717) is 24.4 Å². The molecule has 2 unspecified atom stereocenters. The smallest absolute Gasteiger partial charge is 0.409 e. The molecule has 9 amide bonds. The summed E-state index contributed by atoms with van der Waals surface area (Å²) in [7, 11) is 5.58. The molecule has 0 bridgehead atoms. The predicted octanol–water partition coefficient (Wildman–Crippen LogP) is 2.61. The first-order valence-corrected chi connectivity index (χ1v) is 38.8. The van der Waals surface area contributed by atoms with Crippen molar-refractivity contribution in [1.29, 1.82) is 0 Å². The summed E-state index contributed by atoms with van der Waals surface area (Å²) in [6, 6.07) is 8.66. The number of primary amides is 1. The maximum absolute atomic E-state index is 14.4. The summed E-state index contributed by atoms with van der Waals surface area (Å²) >= 11 is 1.32. The van der Waals surface area contributed by atoms with Crippen LogP contribution in [0.25, 0.3) is 0 Å². The number of thioether (sulfide) groups is 1. The Bertz CT molecular complexity index is 3930. The van der Waals surface area contributed by atoms with Gasteiger partial charge in [-0.15, -0.1) is 0 Å². The van der Waals surface area contributed by atoms with Crippen molar-refractivity contribution in [3.8, 4) is 17.2 Å². The van der Waals surface area contributed by atoms with E-state index < -0.39 is 155 Å². The Labute approximate surface area is 657 Å². The second-order valence-electron chi connectivity index (χ2n) is 28.5. The first kappa shape index (κ1) is 88.0. The summed E-state index contributed by atoms with van der Waals surface area (Å²) < 4.78 is 69.1. The third-order valence-electron chi connectivity index (χ3n) is 20.4. The van der Waals surface area contributed by atoms with Crippen molar-refractivity contribution >= 4 is 88.3 Å². The minimum Gasteiger partial charge on any atom is -0.507 e. The van der Waals surface area contributed by atoms with E-state index >= 15 is 0 Å². The molecule has 0 spiro atoms. The average molecular weight is 1610 g/mol. The highest BCUT2D eigenvalue weighted by Gasteiger charge is 2.56. The van der Waals surface area contributed by atoms with Crippen LogP contribution in [0, 0.1) is 11.8 Å². The number of urea groups is 1. The number of rotatable bonds is 42. The summed E-state index contributed by atoms with van der Waals surface area (Å²) in [6.45, 7) is 6.94. The van der Waals surface area contributed by atoms with Crippen LogP contribution in [0.1, 0.15) is 127 Å². The highest BCUT2D eigenvalue weighted by molar-refractivity contribution is 8.00. The topological polar surface area (TPSA) is 463 Å². The number of amides is 9. The lowest BCUT2D eigenvalue weighted by Gasteiger charge is -2.43. The van der Waals surface area contributed by atoms with Crippen LogP contribution in [0.3, 0.4) is 0 Å². The van der Waals surface area contributed by atoms with Crippen molar-refractivity contribution < 1.29 is 130 Å². The molecule has 37 heteroatoms. The third kappa shape index (κ3) is 22.5. The van der Waals surface area contributed by atoms with Gasteiger partial charge < -0.3 is 109 Å². The van der Waals surface area contributed by atoms with E-state index in [1.54, 1.807) is 51.3 Å². The molecule has 0 saturated carbocycles. The zero-order valence-corrected chi connectivity index (χ0v) is 65.5. The van der Waals surface area contributed by atoms with Gasteiger partial charge in [-0.05, 0) is 55.7 Å². The molecule has 3 aromatic carbocycles. The van der Waals surface area contributed by atoms with Crippen molar-refractivity contribution in [1.82, 2.24) is 35.6 Å². The van der Waals surface area contributed by atoms with E-state index in [9.17, 15) is 72.9 Å². The summed E-state index contributed by atoms with van der Waals surface area (Å²) in [6.07, 6.45) is -5.79. The molecule has 620 valence electrons. The van der Waals surface area contributed by atoms with Gasteiger partial charge in [-0.2, -0.15) is 11.8 Å². The number of methoxy groups -OCH3 is 2. The Hall–Kier alpha value is -8.99. The fourth-order valence-electron chi connectivity index (χ4n) is 14.3. The lowest BCUT2D eigenvalue weighted by molar-refractivity contribution is -0.256. The molecule has 0 aromatic heterocycles. The minimum atomic E-state index is -2.49. The standard InChI is InChI=1S/C76H103N9O27S/c1-42(2)63(81-56(89)19-26-103-29-31-105-33-34-106-32-30-104-27-21-78-55(88)18-22-85-57(90)37-53(113-8)70(85)96)50(86)35-45(11-10-20-79-73(77)97)69(95)80-46-16-14-44(15-17-46)40-108-74(98)82(4)23-24-83(5)75(99)109-41-54(87)76(100)38-48-60(67(94)62-61(65(48)92)64(91)47-12-9-13-51(101-6)59(47)66(62)93)52(39-76)111-58-36-49-68(43(3)110-58)112-71-72(102-7)107-28-25-84(49)71/h9,12-17,42-43,45,49,52-53,58,63,68,71-72,92,94,100H,10-11,18-41H2,1-8H3,(H,78,88)(H,80,95)(H,81,89)(H3,77,79,97)/t43-,45+,49-,52-,53?,58-,63?,68+,71+,72-,76-/m0/s1. The number of aliphatic hydroxyl groups is 1. The molecular weight excluding hydrogens is 1500 g/mol. The van der Waals surface area contributed by atoms with Crippen molar-refractivity contribution in [3.05, 3.63) is 81.4 Å². The van der Waals surface area contributed by atoms with Gasteiger partial charge in [0, 0.05) is 140 Å². The number of likely N-dealkylation sites (tertiary alicyclic amines) is 1. The van der Waals surface area contributed by atoms with E-state index in [1.807, 2.05) is 0 Å². The highest BCUT2D eigenvalue weighted by atomic mass is 32.2. The Kier molecular flexibility index (Phi) is 32.2. The zero-order chi connectivity index (χ0) is 81.8. The van der Waals surface area contributed by atoms with Gasteiger partial charge in [0.05, 0.1) is 107 Å². The number of anilines is 1. The number of aromatic hydroxyl groups is 2. The van der Waals surface area contributed by atoms with Gasteiger partial charge in [0.25, 0.3) is 0 Å². The predicted molar refractivity (Wildman–Crippen MR) is 399 cm³/mol. The molecule has 11 atom stereocenters. The molecule has 4 heterocycles. The SMILES string of the molecule is COc1cccc2c1C(=O)c1c(O)c3c(c(O)c1C2=O)C[C@@](O)(C(=O)COC(=O)N(C)CCN(C)C(=O)OCc1ccc(NC(=O)[C@H](CCCNC(N)=O)CC(=O)C(NC(=O)CCOCCOCCOCCOCCNC(=O)CCN2C(=O)CC(SC)C2=O)C(C)C)cc1)C[C@@H]3O[C@H]1C[C@H]2[C@H](O[C@@H]3[C@@H](OC)OCCN32)[C@H](C)O1. The van der Waals surface area contributed by atoms with Crippen LogP contribution in [0.4, 0.5) is 20.1 Å². The molecule has 2 aliphatic carbocycles. The number of phenols is 2. The summed E-state index contributed by atoms with van der Waals surface area (Å²) in [5.41, 5.74) is 1.83. The number of ketones is 4. The number of carbonyl (C=O) groups excluding carboxylic acids is 12. The number of hydrogen-bond acceptors (Lipinski definition) is 29. The van der Waals surface area contributed by atoms with Gasteiger partial charge >= 0.3 is 18.2 Å². The van der Waals surface area contributed by atoms with Crippen LogP contribution < -0.4 is 31.7 Å². The van der Waals surface area contributed by atoms with Crippen LogP contribution in [0.15, 0.2) is 42.5 Å². The van der Waals surface area contributed by atoms with Gasteiger partial charge in [-0.3, -0.25) is 53.0 Å². The van der Waals surface area contributed by atoms with Gasteiger partial charge in [0.15, 0.2) is 37.0 Å². The molecule has 4 aliphatic heterocycles. The first-order valence-electron chi connectivity index (χ1n) is 37.5. The third-order valence-corrected chi connectivity index (χ3v) is 21.3. The number of imide groups is 1. The number of benzene rings is 3. The molecule has 36 nitrogen and oxygen atoms in total. The van der Waals surface area contributed by atoms with Crippen molar-refractivity contribution in [2.24, 2.45) is 17.6 Å². The van der Waals surface area contributed by atoms with E-state index in [4.69, 9.17) is 62.6 Å². The lowest BCUT2D eigenvalue weighted by Crippen LogP contribution is -2.55. The lowest BCUT2D eigenvalue weighted by atomic mass is 9.72. The van der Waals surface area contributed by atoms with E-state index in [0.717, 1.165) is 9.80 Å². The Morgan fingerprint density at radius 3 is 2.10 bits per heavy atom. The van der Waals surface area contributed by atoms with Gasteiger partial charge in [-0.25, -0.2) is 14.4 Å². The number of Topliss-reactive ketones (excluding diaryl/α,β-unsaturated/α-hetero) is 2. The molecule has 9 N–H and O–H groups in total. The van der Waals surface area contributed by atoms with Crippen molar-refractivity contribution in [2.45, 2.75) is 145 Å². The summed E-state index contributed by atoms with van der Waals surface area (Å²) in [4.78, 5) is 164. The van der Waals surface area contributed by atoms with Crippen LogP contribution in [0.2, 0.25) is 0 Å². The Morgan fingerprint density at radius 2 is 1.45 bits per heavy atom. The number of phenolic OH excluding ortho intramolecular Hbond substituents is 2. The number of nitrogens with zero attached hydrogens (tertiary/aromatic N) is 4. The number of hydrogen-bond donors (Lipinski definition) is 8. The Balaban J connectivity index is 0.690. The molecule has 113 heavy (non-hydrogen) atoms. The normalized spacial score (nSPS) is 22.2. The first-order chi connectivity index (χ1) is 54.1. The van der Waals surface area contributed by atoms with Crippen molar-refractivity contribution in [3.63, 3.8) is 0 Å². The van der Waals surface area contributed by atoms with E-state index in [2.05, 4.69) is 26.2 Å². The molecule has 6 aliphatic rings. The van der Waals surface area contributed by atoms with Gasteiger partial charge in [-0.1, -0.05) is 38.1 Å². The number of ether oxygens (including phenoxy) is 12. The van der Waals surface area contributed by atoms with Gasteiger partial charge in [0.2, 0.25) is 41.1 Å². The fraction of sp³-hybridized carbons (Fsp3) is 0.605. The highest BCUT2D eigenvalue weighted by Crippen LogP contribution is 2.53. The van der Waals surface area contributed by atoms with E-state index in [-0.39, 0.29) is 195 Å². The maximum atomic E-state index is 14.4. The number of nitrogens with two attached hydrogens (primary N) is 1. The molecule has 3 aromatic rings. The van der Waals surface area contributed by atoms with Crippen LogP contribution in [0.5, 0.6) is 17.2 Å². The second kappa shape index (κ2) is 41.3. The molecule has 4 saturated heterocycles. The van der Waals surface area contributed by atoms with Gasteiger partial charge in [0.1, 0.15) is 35.6 Å². The van der Waals surface area contributed by atoms with Crippen LogP contribution in [-0.4, -0.2) is 300 Å². The monoisotopic (exact) mass is 1610 g/mol. The number of likely N-dealkylation sites (N-methyl/N-ethyl adjacent to an activating group) is 2. The summed E-state index contributed by atoms with van der Waals surface area (Å²) in [5.74, 6) is -7.61.